The molecule has 3 rings (SSSR count). The molecule has 0 spiro atoms. The Bertz CT molecular complexity index is 676. The minimum Gasteiger partial charge on any atom is -0.304 e. The van der Waals surface area contributed by atoms with Crippen LogP contribution in [0.1, 0.15) is 9.67 Å². The molecule has 0 saturated heterocycles. The third-order valence-electron chi connectivity index (χ3n) is 2.24. The standard InChI is InChI=1S/C11H6ClN3OS2/c12-9-1-2-10(15-14-9)13-11(16)8-5-7-6(18-8)3-4-17-7/h1-5H,(H,13,15,16). The minimum absolute atomic E-state index is 0.181. The van der Waals surface area contributed by atoms with Gasteiger partial charge in [0, 0.05) is 9.40 Å². The first-order valence-electron chi connectivity index (χ1n) is 5.00. The van der Waals surface area contributed by atoms with Gasteiger partial charge in [-0.2, -0.15) is 0 Å². The maximum atomic E-state index is 12.0. The van der Waals surface area contributed by atoms with Crippen LogP contribution in [-0.4, -0.2) is 16.1 Å². The lowest BCUT2D eigenvalue weighted by Gasteiger charge is -2.00. The minimum atomic E-state index is -0.181. The van der Waals surface area contributed by atoms with Gasteiger partial charge in [-0.05, 0) is 29.6 Å². The Labute approximate surface area is 115 Å². The van der Waals surface area contributed by atoms with E-state index in [1.165, 1.54) is 11.3 Å². The highest BCUT2D eigenvalue weighted by molar-refractivity contribution is 7.27. The van der Waals surface area contributed by atoms with Crippen LogP contribution in [0.3, 0.4) is 0 Å². The van der Waals surface area contributed by atoms with Crippen LogP contribution in [0.4, 0.5) is 5.82 Å². The van der Waals surface area contributed by atoms with E-state index in [4.69, 9.17) is 11.6 Å². The number of anilines is 1. The second-order valence-electron chi connectivity index (χ2n) is 3.46. The molecule has 0 fully saturated rings. The predicted octanol–water partition coefficient (Wildman–Crippen LogP) is 3.66. The third-order valence-corrected chi connectivity index (χ3v) is 4.53. The maximum absolute atomic E-state index is 12.0. The highest BCUT2D eigenvalue weighted by Gasteiger charge is 2.11. The molecule has 4 nitrogen and oxygen atoms in total. The second kappa shape index (κ2) is 4.64. The molecule has 0 aliphatic carbocycles. The summed E-state index contributed by atoms with van der Waals surface area (Å²) in [6, 6.07) is 7.08. The zero-order valence-electron chi connectivity index (χ0n) is 8.88. The highest BCUT2D eigenvalue weighted by atomic mass is 35.5. The van der Waals surface area contributed by atoms with Crippen molar-refractivity contribution in [2.75, 3.05) is 5.32 Å². The SMILES string of the molecule is O=C(Nc1ccc(Cl)nn1)c1cc2sccc2s1. The normalized spacial score (nSPS) is 10.7. The summed E-state index contributed by atoms with van der Waals surface area (Å²) in [7, 11) is 0. The second-order valence-corrected chi connectivity index (χ2v) is 5.87. The summed E-state index contributed by atoms with van der Waals surface area (Å²) in [5, 5.41) is 12.4. The van der Waals surface area contributed by atoms with Gasteiger partial charge in [0.2, 0.25) is 0 Å². The molecule has 1 N–H and O–H groups in total. The fourth-order valence-corrected chi connectivity index (χ4v) is 3.54. The molecule has 0 saturated carbocycles. The fourth-order valence-electron chi connectivity index (χ4n) is 1.44. The molecule has 0 atom stereocenters. The van der Waals surface area contributed by atoms with Gasteiger partial charge in [0.05, 0.1) is 4.88 Å². The van der Waals surface area contributed by atoms with E-state index in [1.807, 2.05) is 17.5 Å². The van der Waals surface area contributed by atoms with Crippen LogP contribution in [0.25, 0.3) is 9.40 Å². The average molecular weight is 296 g/mol. The summed E-state index contributed by atoms with van der Waals surface area (Å²) in [5.41, 5.74) is 0. The molecule has 0 aromatic carbocycles. The van der Waals surface area contributed by atoms with Gasteiger partial charge >= 0.3 is 0 Å². The van der Waals surface area contributed by atoms with Gasteiger partial charge in [-0.15, -0.1) is 32.9 Å². The Morgan fingerprint density at radius 1 is 1.22 bits per heavy atom. The first-order chi connectivity index (χ1) is 8.72. The van der Waals surface area contributed by atoms with Crippen molar-refractivity contribution >= 4 is 55.4 Å². The molecule has 90 valence electrons. The molecule has 0 unspecified atom stereocenters. The first kappa shape index (κ1) is 11.6. The predicted molar refractivity (Wildman–Crippen MR) is 74.7 cm³/mol. The van der Waals surface area contributed by atoms with Crippen LogP contribution in [0.5, 0.6) is 0 Å². The van der Waals surface area contributed by atoms with Crippen molar-refractivity contribution in [3.8, 4) is 0 Å². The number of halogens is 1. The lowest BCUT2D eigenvalue weighted by molar-refractivity contribution is 0.103. The number of rotatable bonds is 2. The van der Waals surface area contributed by atoms with Crippen molar-refractivity contribution in [2.45, 2.75) is 0 Å². The molecule has 0 radical (unpaired) electrons. The molecule has 1 amide bonds. The van der Waals surface area contributed by atoms with E-state index < -0.39 is 0 Å². The Balaban J connectivity index is 1.82. The molecular formula is C11H6ClN3OS2. The fraction of sp³-hybridized carbons (Fsp3) is 0. The van der Waals surface area contributed by atoms with Gasteiger partial charge in [0.15, 0.2) is 11.0 Å². The quantitative estimate of drug-likeness (QED) is 0.785. The van der Waals surface area contributed by atoms with Crippen molar-refractivity contribution in [2.24, 2.45) is 0 Å². The highest BCUT2D eigenvalue weighted by Crippen LogP contribution is 2.30. The molecule has 3 heterocycles. The van der Waals surface area contributed by atoms with Crippen LogP contribution in [0.2, 0.25) is 5.15 Å². The number of fused-ring (bicyclic) bond motifs is 1. The molecule has 0 aliphatic heterocycles. The lowest BCUT2D eigenvalue weighted by Crippen LogP contribution is -2.11. The summed E-state index contributed by atoms with van der Waals surface area (Å²) >= 11 is 8.70. The van der Waals surface area contributed by atoms with Crippen LogP contribution in [0, 0.1) is 0 Å². The van der Waals surface area contributed by atoms with Crippen LogP contribution in [-0.2, 0) is 0 Å². The van der Waals surface area contributed by atoms with E-state index in [1.54, 1.807) is 23.5 Å². The van der Waals surface area contributed by atoms with E-state index in [9.17, 15) is 4.79 Å². The smallest absolute Gasteiger partial charge is 0.267 e. The molecule has 3 aromatic heterocycles. The number of carbonyl (C=O) groups is 1. The van der Waals surface area contributed by atoms with Crippen molar-refractivity contribution in [1.82, 2.24) is 10.2 Å². The maximum Gasteiger partial charge on any atom is 0.267 e. The van der Waals surface area contributed by atoms with Crippen molar-refractivity contribution in [3.05, 3.63) is 39.7 Å². The average Bonchev–Trinajstić information content (AvgIpc) is 2.92. The topological polar surface area (TPSA) is 54.9 Å². The van der Waals surface area contributed by atoms with Gasteiger partial charge in [-0.3, -0.25) is 4.79 Å². The zero-order chi connectivity index (χ0) is 12.5. The number of nitrogens with zero attached hydrogens (tertiary/aromatic N) is 2. The molecular weight excluding hydrogens is 290 g/mol. The largest absolute Gasteiger partial charge is 0.304 e. The van der Waals surface area contributed by atoms with E-state index in [0.29, 0.717) is 15.8 Å². The van der Waals surface area contributed by atoms with E-state index >= 15 is 0 Å². The summed E-state index contributed by atoms with van der Waals surface area (Å²) in [6.45, 7) is 0. The molecule has 3 aromatic rings. The molecule has 7 heteroatoms. The van der Waals surface area contributed by atoms with Crippen molar-refractivity contribution in [3.63, 3.8) is 0 Å². The van der Waals surface area contributed by atoms with Gasteiger partial charge in [-0.25, -0.2) is 0 Å². The summed E-state index contributed by atoms with van der Waals surface area (Å²) in [6.07, 6.45) is 0. The number of aromatic nitrogens is 2. The van der Waals surface area contributed by atoms with Gasteiger partial charge in [-0.1, -0.05) is 11.6 Å². The Hall–Kier alpha value is -1.50. The van der Waals surface area contributed by atoms with Crippen LogP contribution >= 0.6 is 34.3 Å². The van der Waals surface area contributed by atoms with Crippen LogP contribution < -0.4 is 5.32 Å². The van der Waals surface area contributed by atoms with Crippen molar-refractivity contribution < 1.29 is 4.79 Å². The van der Waals surface area contributed by atoms with Gasteiger partial charge in [0.1, 0.15) is 0 Å². The Morgan fingerprint density at radius 2 is 2.11 bits per heavy atom. The molecule has 0 aliphatic rings. The number of carbonyl (C=O) groups excluding carboxylic acids is 1. The third kappa shape index (κ3) is 2.22. The number of hydrogen-bond donors (Lipinski definition) is 1. The first-order valence-corrected chi connectivity index (χ1v) is 7.07. The Morgan fingerprint density at radius 3 is 2.83 bits per heavy atom. The van der Waals surface area contributed by atoms with E-state index in [0.717, 1.165) is 9.40 Å². The van der Waals surface area contributed by atoms with E-state index in [2.05, 4.69) is 15.5 Å². The number of thiophene rings is 2. The number of nitrogens with one attached hydrogen (secondary N) is 1. The molecule has 18 heavy (non-hydrogen) atoms. The lowest BCUT2D eigenvalue weighted by atomic mass is 10.4. The monoisotopic (exact) mass is 295 g/mol. The summed E-state index contributed by atoms with van der Waals surface area (Å²) in [5.74, 6) is 0.209. The van der Waals surface area contributed by atoms with E-state index in [-0.39, 0.29) is 5.91 Å². The van der Waals surface area contributed by atoms with Gasteiger partial charge in [0.25, 0.3) is 5.91 Å². The number of hydrogen-bond acceptors (Lipinski definition) is 5. The number of amides is 1. The summed E-state index contributed by atoms with van der Waals surface area (Å²) in [4.78, 5) is 12.6. The van der Waals surface area contributed by atoms with Crippen molar-refractivity contribution in [1.29, 1.82) is 0 Å². The van der Waals surface area contributed by atoms with Gasteiger partial charge < -0.3 is 5.32 Å². The summed E-state index contributed by atoms with van der Waals surface area (Å²) < 4.78 is 2.24. The van der Waals surface area contributed by atoms with Crippen LogP contribution in [0.15, 0.2) is 29.6 Å². The Kier molecular flexibility index (Phi) is 2.99. The molecule has 0 bridgehead atoms. The zero-order valence-corrected chi connectivity index (χ0v) is 11.3.